The first-order valence-corrected chi connectivity index (χ1v) is 4.80. The molecule has 0 aliphatic heterocycles. The third kappa shape index (κ3) is 1.57. The van der Waals surface area contributed by atoms with E-state index in [4.69, 9.17) is 5.11 Å². The Morgan fingerprint density at radius 3 is 2.81 bits per heavy atom. The van der Waals surface area contributed by atoms with Crippen molar-refractivity contribution >= 4 is 0 Å². The summed E-state index contributed by atoms with van der Waals surface area (Å²) in [4.78, 5) is 23.8. The van der Waals surface area contributed by atoms with E-state index in [0.717, 1.165) is 4.57 Å². The Morgan fingerprint density at radius 2 is 2.25 bits per heavy atom. The van der Waals surface area contributed by atoms with Crippen LogP contribution < -0.4 is 11.2 Å². The van der Waals surface area contributed by atoms with Crippen molar-refractivity contribution in [2.24, 2.45) is 5.92 Å². The van der Waals surface area contributed by atoms with Gasteiger partial charge in [0.1, 0.15) is 6.17 Å². The summed E-state index contributed by atoms with van der Waals surface area (Å²) >= 11 is 0. The van der Waals surface area contributed by atoms with Gasteiger partial charge in [-0.2, -0.15) is 4.39 Å². The second-order valence-corrected chi connectivity index (χ2v) is 3.83. The normalized spacial score (nSPS) is 28.8. The van der Waals surface area contributed by atoms with Gasteiger partial charge < -0.3 is 5.11 Å². The lowest BCUT2D eigenvalue weighted by atomic mass is 9.78. The molecule has 0 radical (unpaired) electrons. The number of aliphatic hydroxyl groups excluding tert-OH is 1. The molecule has 0 bridgehead atoms. The van der Waals surface area contributed by atoms with Crippen molar-refractivity contribution in [1.29, 1.82) is 0 Å². The second-order valence-electron chi connectivity index (χ2n) is 3.83. The van der Waals surface area contributed by atoms with E-state index in [1.165, 1.54) is 0 Å². The Bertz CT molecular complexity index is 510. The second kappa shape index (κ2) is 3.82. The Morgan fingerprint density at radius 1 is 1.56 bits per heavy atom. The van der Waals surface area contributed by atoms with Gasteiger partial charge in [0.15, 0.2) is 0 Å². The summed E-state index contributed by atoms with van der Waals surface area (Å²) in [7, 11) is 0. The average molecular weight is 232 g/mol. The van der Waals surface area contributed by atoms with Crippen molar-refractivity contribution < 1.29 is 13.9 Å². The summed E-state index contributed by atoms with van der Waals surface area (Å²) in [5.74, 6) is -1.65. The molecule has 1 aromatic heterocycles. The highest BCUT2D eigenvalue weighted by atomic mass is 19.1. The molecule has 0 amide bonds. The van der Waals surface area contributed by atoms with E-state index in [1.54, 1.807) is 4.98 Å². The van der Waals surface area contributed by atoms with E-state index >= 15 is 0 Å². The molecule has 88 valence electrons. The van der Waals surface area contributed by atoms with Crippen LogP contribution in [-0.2, 0) is 0 Å². The molecular weight excluding hydrogens is 222 g/mol. The van der Waals surface area contributed by atoms with Crippen LogP contribution in [0.15, 0.2) is 15.8 Å². The van der Waals surface area contributed by atoms with Crippen LogP contribution >= 0.6 is 0 Å². The van der Waals surface area contributed by atoms with Crippen LogP contribution in [0.5, 0.6) is 0 Å². The Hall–Kier alpha value is -1.50. The van der Waals surface area contributed by atoms with E-state index in [2.05, 4.69) is 0 Å². The molecule has 1 heterocycles. The third-order valence-corrected chi connectivity index (χ3v) is 2.88. The molecule has 1 unspecified atom stereocenters. The third-order valence-electron chi connectivity index (χ3n) is 2.88. The number of hydrogen-bond donors (Lipinski definition) is 2. The lowest BCUT2D eigenvalue weighted by molar-refractivity contribution is -0.000804. The zero-order chi connectivity index (χ0) is 11.9. The van der Waals surface area contributed by atoms with Gasteiger partial charge in [0.25, 0.3) is 5.56 Å². The van der Waals surface area contributed by atoms with Crippen molar-refractivity contribution in [2.45, 2.75) is 18.6 Å². The van der Waals surface area contributed by atoms with Crippen LogP contribution in [0.25, 0.3) is 0 Å². The predicted molar refractivity (Wildman–Crippen MR) is 50.4 cm³/mol. The first-order chi connectivity index (χ1) is 7.54. The molecule has 1 aliphatic rings. The SMILES string of the molecule is O=c1[nH]c(=O)n([C@@H]2C[C@H](CO)C2F)cc1F. The summed E-state index contributed by atoms with van der Waals surface area (Å²) in [5, 5.41) is 8.73. The van der Waals surface area contributed by atoms with Gasteiger partial charge in [0.05, 0.1) is 12.2 Å². The van der Waals surface area contributed by atoms with Gasteiger partial charge in [0, 0.05) is 12.5 Å². The number of rotatable bonds is 2. The maximum absolute atomic E-state index is 13.4. The minimum Gasteiger partial charge on any atom is -0.396 e. The molecule has 1 aliphatic carbocycles. The molecule has 7 heteroatoms. The lowest BCUT2D eigenvalue weighted by Crippen LogP contribution is -2.47. The van der Waals surface area contributed by atoms with E-state index in [-0.39, 0.29) is 13.0 Å². The van der Waals surface area contributed by atoms with Crippen molar-refractivity contribution in [3.05, 3.63) is 32.9 Å². The van der Waals surface area contributed by atoms with E-state index in [9.17, 15) is 18.4 Å². The Labute approximate surface area is 88.3 Å². The lowest BCUT2D eigenvalue weighted by Gasteiger charge is -2.39. The monoisotopic (exact) mass is 232 g/mol. The van der Waals surface area contributed by atoms with E-state index in [0.29, 0.717) is 6.20 Å². The highest BCUT2D eigenvalue weighted by Gasteiger charge is 2.42. The molecule has 1 saturated carbocycles. The van der Waals surface area contributed by atoms with E-state index < -0.39 is 35.2 Å². The average Bonchev–Trinajstić information content (AvgIpc) is 2.24. The van der Waals surface area contributed by atoms with Crippen LogP contribution in [0.4, 0.5) is 8.78 Å². The molecule has 2 N–H and O–H groups in total. The number of hydrogen-bond acceptors (Lipinski definition) is 3. The molecule has 1 fully saturated rings. The number of aromatic amines is 1. The van der Waals surface area contributed by atoms with Gasteiger partial charge in [-0.15, -0.1) is 0 Å². The molecule has 0 spiro atoms. The minimum absolute atomic E-state index is 0.253. The summed E-state index contributed by atoms with van der Waals surface area (Å²) in [5.41, 5.74) is -1.95. The molecule has 2 rings (SSSR count). The number of aromatic nitrogens is 2. The van der Waals surface area contributed by atoms with E-state index in [1.807, 2.05) is 0 Å². The zero-order valence-corrected chi connectivity index (χ0v) is 8.19. The number of aliphatic hydroxyl groups is 1. The fraction of sp³-hybridized carbons (Fsp3) is 0.556. The molecule has 16 heavy (non-hydrogen) atoms. The fourth-order valence-electron chi connectivity index (χ4n) is 1.84. The minimum atomic E-state index is -1.40. The predicted octanol–water partition coefficient (Wildman–Crippen LogP) is -0.433. The first kappa shape index (κ1) is 11.0. The summed E-state index contributed by atoms with van der Waals surface area (Å²) < 4.78 is 27.1. The van der Waals surface area contributed by atoms with Gasteiger partial charge in [-0.1, -0.05) is 0 Å². The van der Waals surface area contributed by atoms with Gasteiger partial charge in [-0.25, -0.2) is 9.18 Å². The maximum atomic E-state index is 13.4. The maximum Gasteiger partial charge on any atom is 0.328 e. The number of alkyl halides is 1. The molecule has 3 atom stereocenters. The standard InChI is InChI=1S/C9H10F2N2O3/c10-5-2-13(9(16)12-8(5)15)6-1-4(3-14)7(6)11/h2,4,6-7,14H,1,3H2,(H,12,15,16)/t4-,6-,7?/m1/s1. The van der Waals surface area contributed by atoms with Crippen LogP contribution in [0.2, 0.25) is 0 Å². The first-order valence-electron chi connectivity index (χ1n) is 4.80. The number of nitrogens with one attached hydrogen (secondary N) is 1. The zero-order valence-electron chi connectivity index (χ0n) is 8.19. The largest absolute Gasteiger partial charge is 0.396 e. The Kier molecular flexibility index (Phi) is 2.63. The number of nitrogens with zero attached hydrogens (tertiary/aromatic N) is 1. The van der Waals surface area contributed by atoms with Crippen molar-refractivity contribution in [3.8, 4) is 0 Å². The van der Waals surface area contributed by atoms with Gasteiger partial charge in [-0.05, 0) is 6.42 Å². The summed E-state index contributed by atoms with van der Waals surface area (Å²) in [6, 6.07) is -0.809. The fourth-order valence-corrected chi connectivity index (χ4v) is 1.84. The molecule has 5 nitrogen and oxygen atoms in total. The smallest absolute Gasteiger partial charge is 0.328 e. The highest BCUT2D eigenvalue weighted by molar-refractivity contribution is 4.98. The summed E-state index contributed by atoms with van der Waals surface area (Å²) in [6.45, 7) is -0.307. The van der Waals surface area contributed by atoms with Crippen molar-refractivity contribution in [3.63, 3.8) is 0 Å². The number of halogens is 2. The van der Waals surface area contributed by atoms with Gasteiger partial charge in [0.2, 0.25) is 5.82 Å². The summed E-state index contributed by atoms with van der Waals surface area (Å²) in [6.07, 6.45) is -0.442. The van der Waals surface area contributed by atoms with Crippen molar-refractivity contribution in [2.75, 3.05) is 6.61 Å². The number of H-pyrrole nitrogens is 1. The van der Waals surface area contributed by atoms with Crippen LogP contribution in [-0.4, -0.2) is 27.4 Å². The van der Waals surface area contributed by atoms with Crippen LogP contribution in [0, 0.1) is 11.7 Å². The topological polar surface area (TPSA) is 75.1 Å². The molecule has 0 aromatic carbocycles. The van der Waals surface area contributed by atoms with Gasteiger partial charge in [-0.3, -0.25) is 14.3 Å². The van der Waals surface area contributed by atoms with Crippen LogP contribution in [0.1, 0.15) is 12.5 Å². The quantitative estimate of drug-likeness (QED) is 0.726. The highest BCUT2D eigenvalue weighted by Crippen LogP contribution is 2.39. The molecule has 0 saturated heterocycles. The van der Waals surface area contributed by atoms with Crippen LogP contribution in [0.3, 0.4) is 0 Å². The van der Waals surface area contributed by atoms with Crippen molar-refractivity contribution in [1.82, 2.24) is 9.55 Å². The molecular formula is C9H10F2N2O3. The Balaban J connectivity index is 2.33. The van der Waals surface area contributed by atoms with Gasteiger partial charge >= 0.3 is 5.69 Å². The molecule has 1 aromatic rings.